The second kappa shape index (κ2) is 10.1. The van der Waals surface area contributed by atoms with Gasteiger partial charge in [0.1, 0.15) is 11.4 Å². The Labute approximate surface area is 211 Å². The summed E-state index contributed by atoms with van der Waals surface area (Å²) < 4.78 is 0.943. The van der Waals surface area contributed by atoms with Gasteiger partial charge in [-0.3, -0.25) is 4.48 Å². The zero-order chi connectivity index (χ0) is 24.5. The van der Waals surface area contributed by atoms with Crippen LogP contribution in [0.4, 0.5) is 11.4 Å². The number of aromatic hydroxyl groups is 1. The van der Waals surface area contributed by atoms with E-state index in [0.29, 0.717) is 12.3 Å². The SMILES string of the molecule is CCC[N+]1(C)CCCC(Nc2cc(CNC(C)(C)C)c(O)c3c2CCCC3)c2ccc(Cl)cc21. The smallest absolute Gasteiger partial charge is 0.139 e. The summed E-state index contributed by atoms with van der Waals surface area (Å²) in [6.07, 6.45) is 7.73. The summed E-state index contributed by atoms with van der Waals surface area (Å²) >= 11 is 6.50. The number of hydrogen-bond acceptors (Lipinski definition) is 3. The van der Waals surface area contributed by atoms with Gasteiger partial charge in [0.05, 0.1) is 26.2 Å². The Morgan fingerprint density at radius 1 is 1.09 bits per heavy atom. The van der Waals surface area contributed by atoms with E-state index in [1.165, 1.54) is 35.3 Å². The van der Waals surface area contributed by atoms with E-state index in [2.05, 4.69) is 63.6 Å². The molecular weight excluding hydrogens is 442 g/mol. The molecule has 0 bridgehead atoms. The molecule has 3 N–H and O–H groups in total. The molecule has 1 aliphatic heterocycles. The Morgan fingerprint density at radius 3 is 2.53 bits per heavy atom. The topological polar surface area (TPSA) is 44.3 Å². The van der Waals surface area contributed by atoms with E-state index in [4.69, 9.17) is 11.6 Å². The van der Waals surface area contributed by atoms with E-state index < -0.39 is 0 Å². The number of halogens is 1. The number of benzene rings is 2. The van der Waals surface area contributed by atoms with Crippen molar-refractivity contribution >= 4 is 23.0 Å². The highest BCUT2D eigenvalue weighted by Crippen LogP contribution is 2.43. The maximum Gasteiger partial charge on any atom is 0.139 e. The predicted molar refractivity (Wildman–Crippen MR) is 146 cm³/mol. The number of hydrogen-bond donors (Lipinski definition) is 3. The van der Waals surface area contributed by atoms with Crippen molar-refractivity contribution in [1.82, 2.24) is 9.80 Å². The fourth-order valence-corrected chi connectivity index (χ4v) is 6.04. The molecular formula is C29H43ClN3O+. The Balaban J connectivity index is 1.74. The monoisotopic (exact) mass is 484 g/mol. The third kappa shape index (κ3) is 5.40. The van der Waals surface area contributed by atoms with Gasteiger partial charge < -0.3 is 15.7 Å². The zero-order valence-corrected chi connectivity index (χ0v) is 22.5. The van der Waals surface area contributed by atoms with E-state index in [9.17, 15) is 5.11 Å². The first-order valence-corrected chi connectivity index (χ1v) is 13.5. The molecule has 0 saturated heterocycles. The molecule has 0 saturated carbocycles. The average molecular weight is 485 g/mol. The van der Waals surface area contributed by atoms with Crippen molar-refractivity contribution in [2.45, 2.75) is 90.8 Å². The molecule has 2 unspecified atom stereocenters. The Kier molecular flexibility index (Phi) is 7.52. The number of rotatable bonds is 6. The first-order valence-electron chi connectivity index (χ1n) is 13.1. The molecule has 2 aromatic carbocycles. The van der Waals surface area contributed by atoms with Crippen LogP contribution < -0.4 is 15.1 Å². The van der Waals surface area contributed by atoms with Crippen molar-refractivity contribution in [2.24, 2.45) is 0 Å². The van der Waals surface area contributed by atoms with Crippen LogP contribution >= 0.6 is 11.6 Å². The van der Waals surface area contributed by atoms with E-state index in [0.717, 1.165) is 65.8 Å². The first-order chi connectivity index (χ1) is 16.1. The molecule has 0 fully saturated rings. The van der Waals surface area contributed by atoms with Crippen molar-refractivity contribution in [3.8, 4) is 5.75 Å². The molecule has 4 rings (SSSR count). The van der Waals surface area contributed by atoms with Gasteiger partial charge in [0.15, 0.2) is 0 Å². The van der Waals surface area contributed by atoms with Gasteiger partial charge in [-0.05, 0) is 95.0 Å². The molecule has 186 valence electrons. The van der Waals surface area contributed by atoms with E-state index >= 15 is 0 Å². The largest absolute Gasteiger partial charge is 0.507 e. The van der Waals surface area contributed by atoms with Crippen molar-refractivity contribution in [1.29, 1.82) is 0 Å². The number of phenols is 1. The highest BCUT2D eigenvalue weighted by atomic mass is 35.5. The van der Waals surface area contributed by atoms with Crippen LogP contribution in [-0.4, -0.2) is 30.8 Å². The maximum atomic E-state index is 11.1. The second-order valence-electron chi connectivity index (χ2n) is 11.6. The number of anilines is 1. The van der Waals surface area contributed by atoms with Crippen LogP contribution in [0.1, 0.15) is 88.1 Å². The van der Waals surface area contributed by atoms with Crippen molar-refractivity contribution in [2.75, 3.05) is 25.5 Å². The van der Waals surface area contributed by atoms with Gasteiger partial charge in [0.25, 0.3) is 0 Å². The molecule has 0 aromatic heterocycles. The summed E-state index contributed by atoms with van der Waals surface area (Å²) in [5.74, 6) is 0.497. The molecule has 2 atom stereocenters. The van der Waals surface area contributed by atoms with Crippen LogP contribution in [0.25, 0.3) is 0 Å². The molecule has 34 heavy (non-hydrogen) atoms. The molecule has 5 heteroatoms. The summed E-state index contributed by atoms with van der Waals surface area (Å²) in [5, 5.41) is 19.5. The van der Waals surface area contributed by atoms with Crippen LogP contribution in [0.15, 0.2) is 24.3 Å². The second-order valence-corrected chi connectivity index (χ2v) is 12.0. The van der Waals surface area contributed by atoms with Crippen LogP contribution in [0.3, 0.4) is 0 Å². The van der Waals surface area contributed by atoms with Gasteiger partial charge in [-0.1, -0.05) is 18.5 Å². The predicted octanol–water partition coefficient (Wildman–Crippen LogP) is 7.11. The summed E-state index contributed by atoms with van der Waals surface area (Å²) in [6, 6.07) is 8.92. The molecule has 0 radical (unpaired) electrons. The fraction of sp³-hybridized carbons (Fsp3) is 0.586. The molecule has 0 spiro atoms. The standard InChI is InChI=1S/C29H42ClN3O/c1-6-15-33(5)16-9-12-25(24-14-13-21(30)18-27(24)33)32-26-17-20(19-31-29(2,3)4)28(34)23-11-8-7-10-22(23)26/h13-14,17-18,25,31-32H,6-12,15-16,19H2,1-5H3/p+1. The summed E-state index contributed by atoms with van der Waals surface area (Å²) in [6.45, 7) is 11.7. The lowest BCUT2D eigenvalue weighted by atomic mass is 9.87. The average Bonchev–Trinajstić information content (AvgIpc) is 2.91. The molecule has 0 amide bonds. The summed E-state index contributed by atoms with van der Waals surface area (Å²) in [5.41, 5.74) is 7.38. The van der Waals surface area contributed by atoms with Crippen molar-refractivity contribution in [3.63, 3.8) is 0 Å². The lowest BCUT2D eigenvalue weighted by Gasteiger charge is -2.34. The normalized spacial score (nSPS) is 22.6. The van der Waals surface area contributed by atoms with Crippen LogP contribution in [0.5, 0.6) is 5.75 Å². The number of phenolic OH excluding ortho intramolecular Hbond substituents is 1. The fourth-order valence-electron chi connectivity index (χ4n) is 5.87. The molecule has 1 aliphatic carbocycles. The maximum absolute atomic E-state index is 11.1. The lowest BCUT2D eigenvalue weighted by Crippen LogP contribution is -2.46. The highest BCUT2D eigenvalue weighted by Gasteiger charge is 2.34. The lowest BCUT2D eigenvalue weighted by molar-refractivity contribution is 0.328. The third-order valence-corrected chi connectivity index (χ3v) is 7.89. The zero-order valence-electron chi connectivity index (χ0n) is 21.7. The summed E-state index contributed by atoms with van der Waals surface area (Å²) in [7, 11) is 2.36. The number of fused-ring (bicyclic) bond motifs is 2. The number of quaternary nitrogens is 1. The molecule has 4 nitrogen and oxygen atoms in total. The Bertz CT molecular complexity index is 1030. The van der Waals surface area contributed by atoms with Gasteiger partial charge >= 0.3 is 0 Å². The van der Waals surface area contributed by atoms with E-state index in [1.54, 1.807) is 0 Å². The van der Waals surface area contributed by atoms with Gasteiger partial charge in [-0.2, -0.15) is 0 Å². The quantitative estimate of drug-likeness (QED) is 0.302. The Morgan fingerprint density at radius 2 is 1.82 bits per heavy atom. The molecule has 1 heterocycles. The molecule has 2 aliphatic rings. The minimum Gasteiger partial charge on any atom is -0.507 e. The Hall–Kier alpha value is -1.75. The number of nitrogens with zero attached hydrogens (tertiary/aromatic N) is 1. The minimum atomic E-state index is -0.00289. The van der Waals surface area contributed by atoms with Crippen molar-refractivity contribution < 1.29 is 5.11 Å². The third-order valence-electron chi connectivity index (χ3n) is 7.65. The van der Waals surface area contributed by atoms with Crippen molar-refractivity contribution in [3.05, 3.63) is 51.5 Å². The minimum absolute atomic E-state index is 0.00289. The van der Waals surface area contributed by atoms with E-state index in [-0.39, 0.29) is 11.6 Å². The van der Waals surface area contributed by atoms with E-state index in [1.807, 2.05) is 6.07 Å². The highest BCUT2D eigenvalue weighted by molar-refractivity contribution is 6.30. The van der Waals surface area contributed by atoms with Gasteiger partial charge in [0.2, 0.25) is 0 Å². The van der Waals surface area contributed by atoms with Gasteiger partial charge in [-0.25, -0.2) is 0 Å². The van der Waals surface area contributed by atoms with Crippen LogP contribution in [-0.2, 0) is 19.4 Å². The number of nitrogens with one attached hydrogen (secondary N) is 2. The first kappa shape index (κ1) is 25.3. The molecule has 2 aromatic rings. The summed E-state index contributed by atoms with van der Waals surface area (Å²) in [4.78, 5) is 0. The van der Waals surface area contributed by atoms with Gasteiger partial charge in [-0.15, -0.1) is 0 Å². The van der Waals surface area contributed by atoms with Crippen LogP contribution in [0, 0.1) is 0 Å². The van der Waals surface area contributed by atoms with Gasteiger partial charge in [0, 0.05) is 40.0 Å². The van der Waals surface area contributed by atoms with Crippen LogP contribution in [0.2, 0.25) is 5.02 Å².